The lowest BCUT2D eigenvalue weighted by atomic mass is 10.1. The summed E-state index contributed by atoms with van der Waals surface area (Å²) in [6, 6.07) is 9.67. The van der Waals surface area contributed by atoms with Gasteiger partial charge in [0.25, 0.3) is 0 Å². The van der Waals surface area contributed by atoms with E-state index in [1.165, 1.54) is 31.9 Å². The first-order valence-corrected chi connectivity index (χ1v) is 9.60. The summed E-state index contributed by atoms with van der Waals surface area (Å²) in [4.78, 5) is 20.8. The van der Waals surface area contributed by atoms with Crippen molar-refractivity contribution in [2.75, 3.05) is 7.11 Å². The number of pyridine rings is 1. The third-order valence-corrected chi connectivity index (χ3v) is 5.04. The molecule has 2 aromatic heterocycles. The van der Waals surface area contributed by atoms with Gasteiger partial charge in [-0.3, -0.25) is 0 Å². The number of unbranched alkanes of at least 4 members (excludes halogenated alkanes) is 2. The van der Waals surface area contributed by atoms with Crippen molar-refractivity contribution in [2.24, 2.45) is 0 Å². The Balaban J connectivity index is 1.89. The minimum atomic E-state index is -0.461. The second kappa shape index (κ2) is 8.53. The highest BCUT2D eigenvalue weighted by Crippen LogP contribution is 2.23. The Morgan fingerprint density at radius 3 is 2.70 bits per heavy atom. The van der Waals surface area contributed by atoms with Crippen molar-refractivity contribution in [2.45, 2.75) is 46.1 Å². The van der Waals surface area contributed by atoms with Crippen LogP contribution in [0.1, 0.15) is 53.6 Å². The number of aromatic nitrogens is 3. The number of carbonyl (C=O) groups is 1. The average Bonchev–Trinajstić information content (AvgIpc) is 2.98. The minimum Gasteiger partial charge on any atom is -0.464 e. The summed E-state index contributed by atoms with van der Waals surface area (Å²) in [5.74, 6) is 0.361. The van der Waals surface area contributed by atoms with Gasteiger partial charge in [-0.15, -0.1) is 0 Å². The zero-order chi connectivity index (χ0) is 19.4. The van der Waals surface area contributed by atoms with Gasteiger partial charge in [0.2, 0.25) is 0 Å². The van der Waals surface area contributed by atoms with E-state index in [2.05, 4.69) is 29.0 Å². The molecule has 0 aliphatic carbocycles. The minimum absolute atomic E-state index is 0.267. The zero-order valence-corrected chi connectivity index (χ0v) is 16.7. The van der Waals surface area contributed by atoms with Gasteiger partial charge < -0.3 is 9.30 Å². The van der Waals surface area contributed by atoms with Gasteiger partial charge in [0, 0.05) is 5.02 Å². The summed E-state index contributed by atoms with van der Waals surface area (Å²) in [5, 5.41) is 0.745. The summed E-state index contributed by atoms with van der Waals surface area (Å²) in [7, 11) is 1.35. The van der Waals surface area contributed by atoms with Crippen LogP contribution in [0.2, 0.25) is 5.02 Å². The Kier molecular flexibility index (Phi) is 6.11. The van der Waals surface area contributed by atoms with E-state index in [0.717, 1.165) is 28.3 Å². The van der Waals surface area contributed by atoms with Crippen LogP contribution in [0.15, 0.2) is 30.3 Å². The fourth-order valence-electron chi connectivity index (χ4n) is 3.15. The molecule has 3 rings (SSSR count). The molecule has 0 bridgehead atoms. The second-order valence-electron chi connectivity index (χ2n) is 6.66. The summed E-state index contributed by atoms with van der Waals surface area (Å²) in [5.41, 5.74) is 3.92. The molecule has 0 saturated heterocycles. The highest BCUT2D eigenvalue weighted by molar-refractivity contribution is 6.31. The van der Waals surface area contributed by atoms with Crippen LogP contribution in [0.4, 0.5) is 0 Å². The van der Waals surface area contributed by atoms with E-state index in [9.17, 15) is 4.79 Å². The predicted octanol–water partition coefficient (Wildman–Crippen LogP) is 4.96. The van der Waals surface area contributed by atoms with Crippen molar-refractivity contribution < 1.29 is 9.53 Å². The number of carbonyl (C=O) groups excluding carboxylic acids is 1. The quantitative estimate of drug-likeness (QED) is 0.426. The standard InChI is InChI=1S/C21H24ClN3O2/c1-4-5-6-7-15-8-9-16(17(22)12-15)13-25-14(2)23-18-10-11-19(21(26)27-3)24-20(18)25/h8-12H,4-7,13H2,1-3H3. The summed E-state index contributed by atoms with van der Waals surface area (Å²) in [6.45, 7) is 4.67. The van der Waals surface area contributed by atoms with Gasteiger partial charge >= 0.3 is 5.97 Å². The number of ether oxygens (including phenoxy) is 1. The molecule has 5 nitrogen and oxygen atoms in total. The van der Waals surface area contributed by atoms with Crippen LogP contribution in [0.25, 0.3) is 11.2 Å². The summed E-state index contributed by atoms with van der Waals surface area (Å²) >= 11 is 6.54. The van der Waals surface area contributed by atoms with Gasteiger partial charge in [-0.05, 0) is 49.1 Å². The molecule has 2 heterocycles. The third-order valence-electron chi connectivity index (χ3n) is 4.69. The van der Waals surface area contributed by atoms with Gasteiger partial charge in [-0.2, -0.15) is 0 Å². The molecule has 0 radical (unpaired) electrons. The maximum atomic E-state index is 11.8. The van der Waals surface area contributed by atoms with Gasteiger partial charge in [0.05, 0.1) is 13.7 Å². The number of fused-ring (bicyclic) bond motifs is 1. The number of nitrogens with zero attached hydrogens (tertiary/aromatic N) is 3. The molecule has 0 fully saturated rings. The smallest absolute Gasteiger partial charge is 0.356 e. The number of imidazole rings is 1. The van der Waals surface area contributed by atoms with Crippen LogP contribution in [0.3, 0.4) is 0 Å². The topological polar surface area (TPSA) is 57.0 Å². The zero-order valence-electron chi connectivity index (χ0n) is 16.0. The van der Waals surface area contributed by atoms with Crippen molar-refractivity contribution >= 4 is 28.7 Å². The monoisotopic (exact) mass is 385 g/mol. The first-order chi connectivity index (χ1) is 13.0. The van der Waals surface area contributed by atoms with E-state index in [1.807, 2.05) is 17.6 Å². The van der Waals surface area contributed by atoms with Gasteiger partial charge in [-0.1, -0.05) is 43.5 Å². The van der Waals surface area contributed by atoms with E-state index >= 15 is 0 Å². The molecule has 0 atom stereocenters. The van der Waals surface area contributed by atoms with Crippen LogP contribution in [0.5, 0.6) is 0 Å². The highest BCUT2D eigenvalue weighted by Gasteiger charge is 2.15. The number of esters is 1. The fourth-order valence-corrected chi connectivity index (χ4v) is 3.41. The Morgan fingerprint density at radius 2 is 2.00 bits per heavy atom. The number of hydrogen-bond donors (Lipinski definition) is 0. The van der Waals surface area contributed by atoms with E-state index in [0.29, 0.717) is 12.2 Å². The molecule has 0 N–H and O–H groups in total. The van der Waals surface area contributed by atoms with E-state index in [1.54, 1.807) is 12.1 Å². The lowest BCUT2D eigenvalue weighted by molar-refractivity contribution is 0.0594. The molecule has 3 aromatic rings. The lowest BCUT2D eigenvalue weighted by Crippen LogP contribution is -2.07. The van der Waals surface area contributed by atoms with E-state index in [-0.39, 0.29) is 5.69 Å². The van der Waals surface area contributed by atoms with Crippen LogP contribution in [-0.4, -0.2) is 27.6 Å². The van der Waals surface area contributed by atoms with Crippen molar-refractivity contribution in [1.29, 1.82) is 0 Å². The first-order valence-electron chi connectivity index (χ1n) is 9.23. The Morgan fingerprint density at radius 1 is 1.19 bits per heavy atom. The van der Waals surface area contributed by atoms with E-state index < -0.39 is 5.97 Å². The number of methoxy groups -OCH3 is 1. The molecule has 0 spiro atoms. The Labute approximate surface area is 164 Å². The fraction of sp³-hybridized carbons (Fsp3) is 0.381. The molecular weight excluding hydrogens is 362 g/mol. The normalized spacial score (nSPS) is 11.1. The van der Waals surface area contributed by atoms with Gasteiger partial charge in [-0.25, -0.2) is 14.8 Å². The Bertz CT molecular complexity index is 965. The number of halogens is 1. The molecule has 6 heteroatoms. The van der Waals surface area contributed by atoms with Crippen LogP contribution >= 0.6 is 11.6 Å². The second-order valence-corrected chi connectivity index (χ2v) is 7.07. The largest absolute Gasteiger partial charge is 0.464 e. The molecule has 142 valence electrons. The SMILES string of the molecule is CCCCCc1ccc(Cn2c(C)nc3ccc(C(=O)OC)nc32)c(Cl)c1. The highest BCUT2D eigenvalue weighted by atomic mass is 35.5. The van der Waals surface area contributed by atoms with Crippen molar-refractivity contribution in [3.8, 4) is 0 Å². The lowest BCUT2D eigenvalue weighted by Gasteiger charge is -2.10. The molecule has 0 aliphatic rings. The third kappa shape index (κ3) is 4.30. The van der Waals surface area contributed by atoms with Crippen LogP contribution in [0, 0.1) is 6.92 Å². The maximum Gasteiger partial charge on any atom is 0.356 e. The number of aryl methyl sites for hydroxylation is 2. The molecule has 27 heavy (non-hydrogen) atoms. The van der Waals surface area contributed by atoms with Crippen molar-refractivity contribution in [3.05, 3.63) is 58.0 Å². The van der Waals surface area contributed by atoms with Crippen LogP contribution in [-0.2, 0) is 17.7 Å². The summed E-state index contributed by atoms with van der Waals surface area (Å²) in [6.07, 6.45) is 4.66. The molecule has 0 amide bonds. The Hall–Kier alpha value is -2.40. The number of rotatable bonds is 7. The first kappa shape index (κ1) is 19.4. The molecule has 0 saturated carbocycles. The molecule has 0 aliphatic heterocycles. The molecular formula is C21H24ClN3O2. The van der Waals surface area contributed by atoms with Crippen molar-refractivity contribution in [1.82, 2.24) is 14.5 Å². The predicted molar refractivity (Wildman–Crippen MR) is 107 cm³/mol. The number of hydrogen-bond acceptors (Lipinski definition) is 4. The maximum absolute atomic E-state index is 11.8. The number of benzene rings is 1. The summed E-state index contributed by atoms with van der Waals surface area (Å²) < 4.78 is 6.74. The van der Waals surface area contributed by atoms with Crippen LogP contribution < -0.4 is 0 Å². The molecule has 1 aromatic carbocycles. The van der Waals surface area contributed by atoms with Crippen molar-refractivity contribution in [3.63, 3.8) is 0 Å². The van der Waals surface area contributed by atoms with E-state index in [4.69, 9.17) is 16.3 Å². The van der Waals surface area contributed by atoms with Gasteiger partial charge in [0.15, 0.2) is 11.3 Å². The average molecular weight is 386 g/mol. The molecule has 0 unspecified atom stereocenters. The van der Waals surface area contributed by atoms with Gasteiger partial charge in [0.1, 0.15) is 11.3 Å².